The number of esters is 1. The molecule has 6 nitrogen and oxygen atoms in total. The Balaban J connectivity index is 4.18. The number of hydrogen-bond donors (Lipinski definition) is 0. The van der Waals surface area contributed by atoms with Crippen molar-refractivity contribution < 1.29 is 27.6 Å². The van der Waals surface area contributed by atoms with Crippen LogP contribution in [0.25, 0.3) is 0 Å². The zero-order valence-electron chi connectivity index (χ0n) is 12.9. The molecular weight excluding hydrogens is 280 g/mol. The van der Waals surface area contributed by atoms with Crippen LogP contribution in [0.4, 0.5) is 0 Å². The lowest BCUT2D eigenvalue weighted by molar-refractivity contribution is -0.145. The van der Waals surface area contributed by atoms with E-state index in [1.807, 2.05) is 20.8 Å². The van der Waals surface area contributed by atoms with Crippen LogP contribution in [0.15, 0.2) is 0 Å². The maximum atomic E-state index is 11.2. The largest absolute Gasteiger partial charge is 0.501 e. The van der Waals surface area contributed by atoms with E-state index in [0.717, 1.165) is 0 Å². The molecule has 0 bridgehead atoms. The molecule has 0 radical (unpaired) electrons. The van der Waals surface area contributed by atoms with Crippen LogP contribution in [0.1, 0.15) is 40.5 Å². The van der Waals surface area contributed by atoms with Crippen molar-refractivity contribution in [1.82, 2.24) is 0 Å². The van der Waals surface area contributed by atoms with Crippen molar-refractivity contribution in [2.24, 2.45) is 0 Å². The van der Waals surface area contributed by atoms with Crippen molar-refractivity contribution in [3.05, 3.63) is 0 Å². The average molecular weight is 306 g/mol. The van der Waals surface area contributed by atoms with Gasteiger partial charge in [-0.05, 0) is 34.1 Å². The third kappa shape index (κ3) is 8.42. The highest BCUT2D eigenvalue weighted by Gasteiger charge is 2.39. The molecule has 0 N–H and O–H groups in total. The summed E-state index contributed by atoms with van der Waals surface area (Å²) in [6, 6.07) is 0.593. The van der Waals surface area contributed by atoms with Crippen molar-refractivity contribution >= 4 is 20.6 Å². The lowest BCUT2D eigenvalue weighted by atomic mass is 10.3. The topological polar surface area (TPSA) is 71.1 Å². The van der Waals surface area contributed by atoms with Gasteiger partial charge in [0.25, 0.3) is 0 Å². The summed E-state index contributed by atoms with van der Waals surface area (Å²) in [5.41, 5.74) is 0. The third-order valence-electron chi connectivity index (χ3n) is 2.38. The number of hydrogen-bond acceptors (Lipinski definition) is 6. The smallest absolute Gasteiger partial charge is 0.465 e. The zero-order valence-corrected chi connectivity index (χ0v) is 13.9. The van der Waals surface area contributed by atoms with Crippen molar-refractivity contribution in [2.45, 2.75) is 46.6 Å². The Morgan fingerprint density at radius 2 is 1.45 bits per heavy atom. The molecule has 0 aliphatic heterocycles. The summed E-state index contributed by atoms with van der Waals surface area (Å²) in [5.74, 6) is -0.689. The number of Topliss-reactive ketones (excluding diaryl/α,β-unsaturated/α-hetero) is 1. The summed E-state index contributed by atoms with van der Waals surface area (Å²) < 4.78 is 22.0. The van der Waals surface area contributed by atoms with E-state index in [4.69, 9.17) is 18.0 Å². The van der Waals surface area contributed by atoms with Crippen molar-refractivity contribution in [1.29, 1.82) is 0 Å². The Hall–Kier alpha value is -0.763. The van der Waals surface area contributed by atoms with Crippen LogP contribution in [0.2, 0.25) is 6.04 Å². The molecule has 118 valence electrons. The van der Waals surface area contributed by atoms with Crippen LogP contribution in [0.5, 0.6) is 0 Å². The summed E-state index contributed by atoms with van der Waals surface area (Å²) >= 11 is 0. The van der Waals surface area contributed by atoms with E-state index in [1.54, 1.807) is 0 Å². The van der Waals surface area contributed by atoms with Crippen molar-refractivity contribution in [3.63, 3.8) is 0 Å². The predicted molar refractivity (Wildman–Crippen MR) is 76.3 cm³/mol. The van der Waals surface area contributed by atoms with E-state index in [2.05, 4.69) is 0 Å². The summed E-state index contributed by atoms with van der Waals surface area (Å²) in [6.07, 6.45) is 0.417. The molecule has 0 heterocycles. The first-order valence-corrected chi connectivity index (χ1v) is 8.99. The van der Waals surface area contributed by atoms with Gasteiger partial charge in [0, 0.05) is 25.9 Å². The van der Waals surface area contributed by atoms with E-state index in [0.29, 0.717) is 32.3 Å². The molecule has 0 atom stereocenters. The first-order chi connectivity index (χ1) is 9.49. The van der Waals surface area contributed by atoms with Gasteiger partial charge in [0.15, 0.2) is 0 Å². The van der Waals surface area contributed by atoms with Gasteiger partial charge >= 0.3 is 14.8 Å². The molecule has 0 aliphatic carbocycles. The number of carbonyl (C=O) groups is 2. The maximum Gasteiger partial charge on any atom is 0.501 e. The number of ketones is 1. The minimum atomic E-state index is -2.66. The van der Waals surface area contributed by atoms with Gasteiger partial charge in [0.2, 0.25) is 0 Å². The second-order valence-electron chi connectivity index (χ2n) is 4.18. The summed E-state index contributed by atoms with van der Waals surface area (Å²) in [5, 5.41) is 0. The molecule has 0 aromatic carbocycles. The fraction of sp³-hybridized carbons (Fsp3) is 0.846. The Bertz CT molecular complexity index is 278. The van der Waals surface area contributed by atoms with Crippen LogP contribution < -0.4 is 0 Å². The second-order valence-corrected chi connectivity index (χ2v) is 6.92. The van der Waals surface area contributed by atoms with Gasteiger partial charge in [-0.15, -0.1) is 0 Å². The van der Waals surface area contributed by atoms with Gasteiger partial charge < -0.3 is 18.0 Å². The summed E-state index contributed by atoms with van der Waals surface area (Å²) in [6.45, 7) is 8.86. The van der Waals surface area contributed by atoms with Crippen molar-refractivity contribution in [3.8, 4) is 0 Å². The molecule has 7 heteroatoms. The molecule has 20 heavy (non-hydrogen) atoms. The van der Waals surface area contributed by atoms with Crippen LogP contribution in [0.3, 0.4) is 0 Å². The van der Waals surface area contributed by atoms with Crippen LogP contribution >= 0.6 is 0 Å². The molecule has 0 rings (SSSR count). The van der Waals surface area contributed by atoms with Crippen LogP contribution in [0, 0.1) is 0 Å². The third-order valence-corrected chi connectivity index (χ3v) is 5.53. The monoisotopic (exact) mass is 306 g/mol. The Morgan fingerprint density at radius 1 is 0.950 bits per heavy atom. The first kappa shape index (κ1) is 19.2. The molecule has 0 spiro atoms. The van der Waals surface area contributed by atoms with E-state index in [1.165, 1.54) is 6.92 Å². The van der Waals surface area contributed by atoms with E-state index < -0.39 is 14.8 Å². The molecule has 0 saturated heterocycles. The predicted octanol–water partition coefficient (Wildman–Crippen LogP) is 1.95. The van der Waals surface area contributed by atoms with Crippen LogP contribution in [-0.2, 0) is 27.6 Å². The lowest BCUT2D eigenvalue weighted by Crippen LogP contribution is -2.46. The highest BCUT2D eigenvalue weighted by atomic mass is 28.4. The van der Waals surface area contributed by atoms with Gasteiger partial charge in [-0.2, -0.15) is 0 Å². The maximum absolute atomic E-state index is 11.2. The molecule has 0 unspecified atom stereocenters. The highest BCUT2D eigenvalue weighted by molar-refractivity contribution is 6.60. The van der Waals surface area contributed by atoms with Gasteiger partial charge in [-0.25, -0.2) is 0 Å². The molecule has 0 aliphatic rings. The normalized spacial score (nSPS) is 11.4. The average Bonchev–Trinajstić information content (AvgIpc) is 2.35. The Morgan fingerprint density at radius 3 is 1.85 bits per heavy atom. The fourth-order valence-corrected chi connectivity index (χ4v) is 4.31. The molecule has 0 fully saturated rings. The standard InChI is InChI=1S/C13H26O6Si/c1-5-17-20(18-6-2,19-7-3)10-8-9-16-13(15)11-12(4)14/h5-11H2,1-4H3. The minimum absolute atomic E-state index is 0.176. The van der Waals surface area contributed by atoms with E-state index >= 15 is 0 Å². The number of rotatable bonds is 12. The second kappa shape index (κ2) is 11.0. The molecule has 0 amide bonds. The molecular formula is C13H26O6Si. The van der Waals surface area contributed by atoms with Crippen molar-refractivity contribution in [2.75, 3.05) is 26.4 Å². The molecule has 0 aromatic rings. The van der Waals surface area contributed by atoms with E-state index in [9.17, 15) is 9.59 Å². The summed E-state index contributed by atoms with van der Waals surface area (Å²) in [7, 11) is -2.66. The first-order valence-electron chi connectivity index (χ1n) is 7.06. The zero-order chi connectivity index (χ0) is 15.4. The van der Waals surface area contributed by atoms with Gasteiger partial charge in [0.05, 0.1) is 6.61 Å². The molecule has 0 aromatic heterocycles. The van der Waals surface area contributed by atoms with Gasteiger partial charge in [-0.3, -0.25) is 9.59 Å². The SMILES string of the molecule is CCO[Si](CCCOC(=O)CC(C)=O)(OCC)OCC. The fourth-order valence-electron chi connectivity index (χ4n) is 1.73. The Kier molecular flexibility index (Phi) is 10.5. The van der Waals surface area contributed by atoms with Gasteiger partial charge in [0.1, 0.15) is 12.2 Å². The molecule has 0 saturated carbocycles. The minimum Gasteiger partial charge on any atom is -0.465 e. The number of ether oxygens (including phenoxy) is 1. The van der Waals surface area contributed by atoms with Gasteiger partial charge in [-0.1, -0.05) is 0 Å². The number of carbonyl (C=O) groups excluding carboxylic acids is 2. The lowest BCUT2D eigenvalue weighted by Gasteiger charge is -2.28. The Labute approximate surface area is 122 Å². The van der Waals surface area contributed by atoms with Crippen LogP contribution in [-0.4, -0.2) is 47.0 Å². The summed E-state index contributed by atoms with van der Waals surface area (Å²) in [4.78, 5) is 22.0. The highest BCUT2D eigenvalue weighted by Crippen LogP contribution is 2.18. The quantitative estimate of drug-likeness (QED) is 0.237. The van der Waals surface area contributed by atoms with E-state index in [-0.39, 0.29) is 18.8 Å².